The van der Waals surface area contributed by atoms with E-state index < -0.39 is 5.97 Å². The van der Waals surface area contributed by atoms with Crippen LogP contribution in [0.5, 0.6) is 0 Å². The normalized spacial score (nSPS) is 10.2. The highest BCUT2D eigenvalue weighted by molar-refractivity contribution is 7.99. The van der Waals surface area contributed by atoms with Gasteiger partial charge in [-0.15, -0.1) is 0 Å². The molecule has 0 N–H and O–H groups in total. The van der Waals surface area contributed by atoms with Crippen LogP contribution in [-0.2, 0) is 4.74 Å². The Morgan fingerprint density at radius 3 is 2.58 bits per heavy atom. The first-order valence-electron chi connectivity index (χ1n) is 7.64. The Morgan fingerprint density at radius 1 is 1.15 bits per heavy atom. The van der Waals surface area contributed by atoms with E-state index in [0.29, 0.717) is 32.2 Å². The fourth-order valence-corrected chi connectivity index (χ4v) is 3.42. The molecule has 0 radical (unpaired) electrons. The number of hydrogen-bond donors (Lipinski definition) is 0. The largest absolute Gasteiger partial charge is 0.465 e. The van der Waals surface area contributed by atoms with Crippen LogP contribution in [0.4, 0.5) is 4.39 Å². The van der Waals surface area contributed by atoms with Gasteiger partial charge in [0.05, 0.1) is 18.2 Å². The van der Waals surface area contributed by atoms with E-state index >= 15 is 0 Å². The van der Waals surface area contributed by atoms with E-state index in [1.54, 1.807) is 48.7 Å². The Morgan fingerprint density at radius 2 is 1.88 bits per heavy atom. The molecule has 4 nitrogen and oxygen atoms in total. The number of halogens is 1. The average Bonchev–Trinajstić information content (AvgIpc) is 2.68. The van der Waals surface area contributed by atoms with Gasteiger partial charge < -0.3 is 4.74 Å². The average molecular weight is 364 g/mol. The molecule has 0 aliphatic rings. The minimum atomic E-state index is -0.457. The SMILES string of the molecule is COC(=O)c1ccccc1Sc1nccc(-c2ccc(F)cc2)c1C#N. The fourth-order valence-electron chi connectivity index (χ4n) is 2.44. The van der Waals surface area contributed by atoms with Crippen LogP contribution >= 0.6 is 11.8 Å². The van der Waals surface area contributed by atoms with Gasteiger partial charge in [0, 0.05) is 16.7 Å². The number of rotatable bonds is 4. The lowest BCUT2D eigenvalue weighted by Gasteiger charge is -2.10. The van der Waals surface area contributed by atoms with Crippen molar-refractivity contribution in [1.29, 1.82) is 5.26 Å². The number of nitriles is 1. The van der Waals surface area contributed by atoms with E-state index in [0.717, 1.165) is 0 Å². The van der Waals surface area contributed by atoms with Gasteiger partial charge in [-0.1, -0.05) is 36.0 Å². The summed E-state index contributed by atoms with van der Waals surface area (Å²) in [6, 6.07) is 16.8. The maximum absolute atomic E-state index is 13.2. The first kappa shape index (κ1) is 17.6. The van der Waals surface area contributed by atoms with Gasteiger partial charge in [-0.05, 0) is 35.9 Å². The van der Waals surface area contributed by atoms with Crippen LogP contribution in [0.15, 0.2) is 70.7 Å². The molecule has 1 heterocycles. The summed E-state index contributed by atoms with van der Waals surface area (Å²) in [4.78, 5) is 16.9. The number of nitrogens with zero attached hydrogens (tertiary/aromatic N) is 2. The lowest BCUT2D eigenvalue weighted by Crippen LogP contribution is -2.03. The molecule has 2 aromatic carbocycles. The van der Waals surface area contributed by atoms with Gasteiger partial charge in [-0.25, -0.2) is 14.2 Å². The van der Waals surface area contributed by atoms with E-state index in [1.165, 1.54) is 31.0 Å². The highest BCUT2D eigenvalue weighted by atomic mass is 32.2. The zero-order valence-corrected chi connectivity index (χ0v) is 14.6. The first-order chi connectivity index (χ1) is 12.6. The summed E-state index contributed by atoms with van der Waals surface area (Å²) in [6.45, 7) is 0. The van der Waals surface area contributed by atoms with E-state index in [9.17, 15) is 14.4 Å². The van der Waals surface area contributed by atoms with Gasteiger partial charge in [-0.2, -0.15) is 5.26 Å². The van der Waals surface area contributed by atoms with Crippen LogP contribution in [-0.4, -0.2) is 18.1 Å². The van der Waals surface area contributed by atoms with Crippen LogP contribution in [0.25, 0.3) is 11.1 Å². The summed E-state index contributed by atoms with van der Waals surface area (Å²) in [7, 11) is 1.32. The zero-order chi connectivity index (χ0) is 18.5. The van der Waals surface area contributed by atoms with Crippen LogP contribution in [0.1, 0.15) is 15.9 Å². The summed E-state index contributed by atoms with van der Waals surface area (Å²) >= 11 is 1.21. The second kappa shape index (κ2) is 7.81. The summed E-state index contributed by atoms with van der Waals surface area (Å²) in [5, 5.41) is 10.1. The molecule has 0 aliphatic heterocycles. The number of benzene rings is 2. The number of ether oxygens (including phenoxy) is 1. The smallest absolute Gasteiger partial charge is 0.339 e. The summed E-state index contributed by atoms with van der Waals surface area (Å²) in [5.74, 6) is -0.802. The molecule has 0 saturated carbocycles. The third kappa shape index (κ3) is 3.58. The van der Waals surface area contributed by atoms with Gasteiger partial charge in [0.1, 0.15) is 16.9 Å². The Labute approximate surface area is 154 Å². The van der Waals surface area contributed by atoms with Crippen molar-refractivity contribution in [3.05, 3.63) is 77.7 Å². The molecular weight excluding hydrogens is 351 g/mol. The molecule has 0 fully saturated rings. The second-order valence-corrected chi connectivity index (χ2v) is 6.28. The maximum atomic E-state index is 13.2. The Bertz CT molecular complexity index is 997. The molecule has 6 heteroatoms. The fraction of sp³-hybridized carbons (Fsp3) is 0.0500. The number of hydrogen-bond acceptors (Lipinski definition) is 5. The number of carbonyl (C=O) groups excluding carboxylic acids is 1. The number of carbonyl (C=O) groups is 1. The van der Waals surface area contributed by atoms with Crippen LogP contribution in [0, 0.1) is 17.1 Å². The number of pyridine rings is 1. The third-order valence-electron chi connectivity index (χ3n) is 3.68. The minimum Gasteiger partial charge on any atom is -0.465 e. The molecule has 0 spiro atoms. The van der Waals surface area contributed by atoms with Crippen molar-refractivity contribution in [2.45, 2.75) is 9.92 Å². The predicted molar refractivity (Wildman–Crippen MR) is 96.3 cm³/mol. The first-order valence-corrected chi connectivity index (χ1v) is 8.46. The maximum Gasteiger partial charge on any atom is 0.339 e. The molecule has 26 heavy (non-hydrogen) atoms. The number of aromatic nitrogens is 1. The van der Waals surface area contributed by atoms with Crippen LogP contribution < -0.4 is 0 Å². The standard InChI is InChI=1S/C20H13FN2O2S/c1-25-20(24)16-4-2-3-5-18(16)26-19-17(12-22)15(10-11-23-19)13-6-8-14(21)9-7-13/h2-11H,1H3. The van der Waals surface area contributed by atoms with Crippen molar-refractivity contribution in [3.8, 4) is 17.2 Å². The molecule has 0 aliphatic carbocycles. The van der Waals surface area contributed by atoms with Crippen molar-refractivity contribution in [2.24, 2.45) is 0 Å². The summed E-state index contributed by atoms with van der Waals surface area (Å²) in [6.07, 6.45) is 1.59. The minimum absolute atomic E-state index is 0.345. The molecular formula is C20H13FN2O2S. The number of methoxy groups -OCH3 is 1. The van der Waals surface area contributed by atoms with Gasteiger partial charge in [0.2, 0.25) is 0 Å². The third-order valence-corrected chi connectivity index (χ3v) is 4.76. The van der Waals surface area contributed by atoms with Crippen molar-refractivity contribution in [3.63, 3.8) is 0 Å². The highest BCUT2D eigenvalue weighted by Gasteiger charge is 2.17. The van der Waals surface area contributed by atoms with Crippen molar-refractivity contribution in [1.82, 2.24) is 4.98 Å². The molecule has 0 bridgehead atoms. The molecule has 0 amide bonds. The molecule has 3 rings (SSSR count). The van der Waals surface area contributed by atoms with Crippen molar-refractivity contribution < 1.29 is 13.9 Å². The Kier molecular flexibility index (Phi) is 5.30. The van der Waals surface area contributed by atoms with Crippen LogP contribution in [0.3, 0.4) is 0 Å². The Balaban J connectivity index is 2.05. The van der Waals surface area contributed by atoms with Gasteiger partial charge in [0.25, 0.3) is 0 Å². The summed E-state index contributed by atoms with van der Waals surface area (Å²) < 4.78 is 18.0. The molecule has 0 atom stereocenters. The molecule has 0 saturated heterocycles. The quantitative estimate of drug-likeness (QED) is 0.628. The molecule has 3 aromatic rings. The van der Waals surface area contributed by atoms with E-state index in [4.69, 9.17) is 4.74 Å². The lowest BCUT2D eigenvalue weighted by atomic mass is 10.0. The van der Waals surface area contributed by atoms with Gasteiger partial charge in [-0.3, -0.25) is 0 Å². The van der Waals surface area contributed by atoms with E-state index in [2.05, 4.69) is 11.1 Å². The Hall–Kier alpha value is -3.17. The topological polar surface area (TPSA) is 63.0 Å². The lowest BCUT2D eigenvalue weighted by molar-refractivity contribution is 0.0597. The molecule has 1 aromatic heterocycles. The van der Waals surface area contributed by atoms with Gasteiger partial charge >= 0.3 is 5.97 Å². The number of esters is 1. The highest BCUT2D eigenvalue weighted by Crippen LogP contribution is 2.35. The van der Waals surface area contributed by atoms with E-state index in [1.807, 2.05) is 0 Å². The van der Waals surface area contributed by atoms with Crippen molar-refractivity contribution in [2.75, 3.05) is 7.11 Å². The van der Waals surface area contributed by atoms with E-state index in [-0.39, 0.29) is 5.82 Å². The molecule has 0 unspecified atom stereocenters. The molecule has 128 valence electrons. The second-order valence-electron chi connectivity index (χ2n) is 5.25. The summed E-state index contributed by atoms with van der Waals surface area (Å²) in [5.41, 5.74) is 2.13. The van der Waals surface area contributed by atoms with Crippen molar-refractivity contribution >= 4 is 17.7 Å². The zero-order valence-electron chi connectivity index (χ0n) is 13.8. The van der Waals surface area contributed by atoms with Gasteiger partial charge in [0.15, 0.2) is 0 Å². The predicted octanol–water partition coefficient (Wildman–Crippen LogP) is 4.70. The monoisotopic (exact) mass is 364 g/mol. The van der Waals surface area contributed by atoms with Crippen LogP contribution in [0.2, 0.25) is 0 Å².